The van der Waals surface area contributed by atoms with Crippen LogP contribution in [0.2, 0.25) is 0 Å². The maximum absolute atomic E-state index is 13.3. The van der Waals surface area contributed by atoms with Crippen LogP contribution in [0.1, 0.15) is 36.1 Å². The van der Waals surface area contributed by atoms with Gasteiger partial charge in [0, 0.05) is 22.6 Å². The summed E-state index contributed by atoms with van der Waals surface area (Å²) in [4.78, 5) is 13.6. The second-order valence-electron chi connectivity index (χ2n) is 7.58. The Morgan fingerprint density at radius 2 is 1.82 bits per heavy atom. The average molecular weight is 488 g/mol. The van der Waals surface area contributed by atoms with Crippen LogP contribution in [0.4, 0.5) is 5.69 Å². The molecular weight excluding hydrogens is 462 g/mol. The Morgan fingerprint density at radius 1 is 1.06 bits per heavy atom. The lowest BCUT2D eigenvalue weighted by atomic mass is 9.90. The van der Waals surface area contributed by atoms with E-state index in [1.165, 1.54) is 30.6 Å². The van der Waals surface area contributed by atoms with Crippen LogP contribution < -0.4 is 19.5 Å². The van der Waals surface area contributed by atoms with E-state index in [2.05, 4.69) is 5.32 Å². The third kappa shape index (κ3) is 4.43. The lowest BCUT2D eigenvalue weighted by Crippen LogP contribution is -2.23. The normalized spacial score (nSPS) is 15.5. The van der Waals surface area contributed by atoms with Crippen molar-refractivity contribution >= 4 is 32.8 Å². The predicted molar refractivity (Wildman–Crippen MR) is 127 cm³/mol. The molecule has 0 fully saturated rings. The van der Waals surface area contributed by atoms with Gasteiger partial charge in [0.25, 0.3) is 0 Å². The van der Waals surface area contributed by atoms with Crippen molar-refractivity contribution in [2.75, 3.05) is 26.1 Å². The number of nitrogens with one attached hydrogen (secondary N) is 1. The van der Waals surface area contributed by atoms with Crippen molar-refractivity contribution in [2.24, 2.45) is 0 Å². The van der Waals surface area contributed by atoms with Gasteiger partial charge in [-0.2, -0.15) is 0 Å². The number of ether oxygens (including phenoxy) is 3. The zero-order valence-corrected chi connectivity index (χ0v) is 20.2. The maximum atomic E-state index is 13.3. The van der Waals surface area contributed by atoms with Crippen LogP contribution >= 0.6 is 11.3 Å². The van der Waals surface area contributed by atoms with E-state index in [0.29, 0.717) is 29.5 Å². The van der Waals surface area contributed by atoms with Gasteiger partial charge in [0.05, 0.1) is 31.4 Å². The molecule has 174 valence electrons. The van der Waals surface area contributed by atoms with E-state index in [-0.39, 0.29) is 28.0 Å². The molecule has 0 saturated carbocycles. The summed E-state index contributed by atoms with van der Waals surface area (Å²) in [6.07, 6.45) is 1.09. The largest absolute Gasteiger partial charge is 0.497 e. The Hall–Kier alpha value is -3.04. The summed E-state index contributed by atoms with van der Waals surface area (Å²) < 4.78 is 43.0. The number of anilines is 1. The molecule has 1 unspecified atom stereocenters. The quantitative estimate of drug-likeness (QED) is 0.488. The number of hydrogen-bond donors (Lipinski definition) is 1. The monoisotopic (exact) mass is 487 g/mol. The Bertz CT molecular complexity index is 1260. The molecule has 1 aliphatic heterocycles. The van der Waals surface area contributed by atoms with Crippen molar-refractivity contribution in [1.82, 2.24) is 0 Å². The number of methoxy groups -OCH3 is 2. The Kier molecular flexibility index (Phi) is 6.62. The average Bonchev–Trinajstić information content (AvgIpc) is 3.26. The smallest absolute Gasteiger partial charge is 0.225 e. The number of carbonyl (C=O) groups excluding carboxylic acids is 1. The molecule has 0 bridgehead atoms. The first-order chi connectivity index (χ1) is 15.9. The molecule has 0 aliphatic carbocycles. The Balaban J connectivity index is 1.73. The van der Waals surface area contributed by atoms with E-state index in [1.807, 2.05) is 25.1 Å². The van der Waals surface area contributed by atoms with Gasteiger partial charge in [-0.3, -0.25) is 4.79 Å². The van der Waals surface area contributed by atoms with Crippen LogP contribution in [-0.4, -0.2) is 35.2 Å². The number of fused-ring (bicyclic) bond motifs is 1. The first-order valence-electron chi connectivity index (χ1n) is 10.5. The SMILES string of the molecule is CCCOc1ccc(C2CC(=O)Nc3c(S(=O)(=O)c4ccc(OC)cc4)csc32)cc1OC. The van der Waals surface area contributed by atoms with Gasteiger partial charge in [-0.1, -0.05) is 13.0 Å². The van der Waals surface area contributed by atoms with E-state index >= 15 is 0 Å². The van der Waals surface area contributed by atoms with Gasteiger partial charge in [-0.15, -0.1) is 11.3 Å². The number of rotatable bonds is 8. The second-order valence-corrected chi connectivity index (χ2v) is 10.4. The van der Waals surface area contributed by atoms with Gasteiger partial charge in [0.1, 0.15) is 10.6 Å². The molecule has 0 saturated heterocycles. The highest BCUT2D eigenvalue weighted by molar-refractivity contribution is 7.91. The summed E-state index contributed by atoms with van der Waals surface area (Å²) in [5.41, 5.74) is 1.21. The zero-order valence-electron chi connectivity index (χ0n) is 18.6. The highest BCUT2D eigenvalue weighted by Gasteiger charge is 2.34. The number of hydrogen-bond acceptors (Lipinski definition) is 7. The molecule has 1 aliphatic rings. The van der Waals surface area contributed by atoms with Crippen molar-refractivity contribution in [2.45, 2.75) is 35.5 Å². The topological polar surface area (TPSA) is 90.9 Å². The van der Waals surface area contributed by atoms with E-state index in [0.717, 1.165) is 16.9 Å². The van der Waals surface area contributed by atoms with Gasteiger partial charge in [0.2, 0.25) is 15.7 Å². The van der Waals surface area contributed by atoms with Crippen LogP contribution in [0.3, 0.4) is 0 Å². The van der Waals surface area contributed by atoms with E-state index < -0.39 is 9.84 Å². The molecule has 1 amide bonds. The van der Waals surface area contributed by atoms with Crippen LogP contribution in [-0.2, 0) is 14.6 Å². The fourth-order valence-electron chi connectivity index (χ4n) is 3.79. The molecule has 1 aromatic heterocycles. The van der Waals surface area contributed by atoms with E-state index in [1.54, 1.807) is 24.6 Å². The van der Waals surface area contributed by atoms with Gasteiger partial charge in [-0.05, 0) is 48.4 Å². The summed E-state index contributed by atoms with van der Waals surface area (Å²) in [5.74, 6) is 1.26. The van der Waals surface area contributed by atoms with Gasteiger partial charge in [-0.25, -0.2) is 8.42 Å². The van der Waals surface area contributed by atoms with Crippen molar-refractivity contribution in [3.63, 3.8) is 0 Å². The number of benzene rings is 2. The predicted octanol–water partition coefficient (Wildman–Crippen LogP) is 4.86. The minimum absolute atomic E-state index is 0.0978. The summed E-state index contributed by atoms with van der Waals surface area (Å²) in [7, 11) is -0.735. The van der Waals surface area contributed by atoms with Gasteiger partial charge in [0.15, 0.2) is 11.5 Å². The summed E-state index contributed by atoms with van der Waals surface area (Å²) in [6.45, 7) is 2.60. The number of sulfone groups is 1. The minimum Gasteiger partial charge on any atom is -0.497 e. The maximum Gasteiger partial charge on any atom is 0.225 e. The summed E-state index contributed by atoms with van der Waals surface area (Å²) in [5, 5.41) is 4.38. The molecule has 2 heterocycles. The van der Waals surface area contributed by atoms with Crippen LogP contribution in [0.25, 0.3) is 0 Å². The molecule has 7 nitrogen and oxygen atoms in total. The molecule has 33 heavy (non-hydrogen) atoms. The fourth-order valence-corrected chi connectivity index (χ4v) is 6.69. The van der Waals surface area contributed by atoms with Crippen molar-refractivity contribution < 1.29 is 27.4 Å². The van der Waals surface area contributed by atoms with E-state index in [9.17, 15) is 13.2 Å². The van der Waals surface area contributed by atoms with Gasteiger partial charge < -0.3 is 19.5 Å². The van der Waals surface area contributed by atoms with Crippen LogP contribution in [0.15, 0.2) is 57.6 Å². The van der Waals surface area contributed by atoms with Crippen LogP contribution in [0, 0.1) is 0 Å². The standard InChI is InChI=1S/C24H25NO6S2/c1-4-11-31-19-10-5-15(12-20(19)30-3)18-13-22(26)25-23-21(14-32-24(18)23)33(27,28)17-8-6-16(29-2)7-9-17/h5-10,12,14,18H,4,11,13H2,1-3H3,(H,25,26). The Morgan fingerprint density at radius 3 is 2.48 bits per heavy atom. The lowest BCUT2D eigenvalue weighted by Gasteiger charge is -2.24. The summed E-state index contributed by atoms with van der Waals surface area (Å²) in [6, 6.07) is 11.8. The first-order valence-corrected chi connectivity index (χ1v) is 12.9. The Labute approximate surface area is 197 Å². The van der Waals surface area contributed by atoms with Crippen LogP contribution in [0.5, 0.6) is 17.2 Å². The first kappa shape index (κ1) is 23.1. The third-order valence-electron chi connectivity index (χ3n) is 5.47. The molecule has 3 aromatic rings. The minimum atomic E-state index is -3.83. The van der Waals surface area contributed by atoms with Gasteiger partial charge >= 0.3 is 0 Å². The highest BCUT2D eigenvalue weighted by atomic mass is 32.2. The molecule has 1 N–H and O–H groups in total. The molecular formula is C24H25NO6S2. The lowest BCUT2D eigenvalue weighted by molar-refractivity contribution is -0.116. The molecule has 2 aromatic carbocycles. The molecule has 1 atom stereocenters. The fraction of sp³-hybridized carbons (Fsp3) is 0.292. The number of carbonyl (C=O) groups is 1. The molecule has 9 heteroatoms. The number of amides is 1. The second kappa shape index (κ2) is 9.44. The molecule has 0 radical (unpaired) electrons. The van der Waals surface area contributed by atoms with E-state index in [4.69, 9.17) is 14.2 Å². The van der Waals surface area contributed by atoms with Crippen molar-refractivity contribution in [3.8, 4) is 17.2 Å². The zero-order chi connectivity index (χ0) is 23.6. The third-order valence-corrected chi connectivity index (χ3v) is 8.51. The van der Waals surface area contributed by atoms with Crippen molar-refractivity contribution in [1.29, 1.82) is 0 Å². The number of thiophene rings is 1. The molecule has 4 rings (SSSR count). The highest BCUT2D eigenvalue weighted by Crippen LogP contribution is 2.47. The summed E-state index contributed by atoms with van der Waals surface area (Å²) >= 11 is 1.33. The van der Waals surface area contributed by atoms with Crippen molar-refractivity contribution in [3.05, 3.63) is 58.3 Å². The molecule has 0 spiro atoms.